The van der Waals surface area contributed by atoms with Gasteiger partial charge in [0.1, 0.15) is 0 Å². The molecule has 0 aliphatic carbocycles. The lowest BCUT2D eigenvalue weighted by Crippen LogP contribution is -2.27. The van der Waals surface area contributed by atoms with Crippen LogP contribution in [0.15, 0.2) is 0 Å². The molecule has 0 radical (unpaired) electrons. The molecule has 0 spiro atoms. The smallest absolute Gasteiger partial charge is 0.305 e. The summed E-state index contributed by atoms with van der Waals surface area (Å²) in [5.41, 5.74) is 0.254. The van der Waals surface area contributed by atoms with Crippen molar-refractivity contribution >= 4 is 11.9 Å². The summed E-state index contributed by atoms with van der Waals surface area (Å²) in [6.45, 7) is 11.4. The van der Waals surface area contributed by atoms with Gasteiger partial charge >= 0.3 is 5.97 Å². The van der Waals surface area contributed by atoms with E-state index in [1.807, 2.05) is 0 Å². The number of ether oxygens (including phenoxy) is 1. The van der Waals surface area contributed by atoms with Gasteiger partial charge in [0.05, 0.1) is 6.61 Å². The van der Waals surface area contributed by atoms with Crippen LogP contribution in [0, 0.1) is 11.3 Å². The summed E-state index contributed by atoms with van der Waals surface area (Å²) in [6, 6.07) is 0. The maximum absolute atomic E-state index is 11.7. The lowest BCUT2D eigenvalue weighted by molar-refractivity contribution is -0.143. The van der Waals surface area contributed by atoms with Gasteiger partial charge in [0.15, 0.2) is 0 Å². The SMILES string of the molecule is CCOC(=O)CCCNC(=O)CC(C)CC(C)(C)C. The number of hydrogen-bond donors (Lipinski definition) is 1. The Morgan fingerprint density at radius 2 is 1.89 bits per heavy atom. The second-order valence-corrected chi connectivity index (χ2v) is 6.33. The zero-order valence-corrected chi connectivity index (χ0v) is 13.0. The van der Waals surface area contributed by atoms with E-state index in [2.05, 4.69) is 33.0 Å². The van der Waals surface area contributed by atoms with Crippen LogP contribution in [0.2, 0.25) is 0 Å². The Labute approximate surface area is 117 Å². The van der Waals surface area contributed by atoms with E-state index < -0.39 is 0 Å². The molecule has 0 aliphatic heterocycles. The molecular formula is C15H29NO3. The number of carbonyl (C=O) groups is 2. The normalized spacial score (nSPS) is 12.9. The van der Waals surface area contributed by atoms with Crippen LogP contribution >= 0.6 is 0 Å². The van der Waals surface area contributed by atoms with Gasteiger partial charge in [0.2, 0.25) is 5.91 Å². The number of rotatable bonds is 8. The number of esters is 1. The van der Waals surface area contributed by atoms with Crippen LogP contribution < -0.4 is 5.32 Å². The molecule has 0 aromatic rings. The first kappa shape index (κ1) is 17.9. The fourth-order valence-electron chi connectivity index (χ4n) is 2.20. The largest absolute Gasteiger partial charge is 0.466 e. The summed E-state index contributed by atoms with van der Waals surface area (Å²) < 4.78 is 4.82. The van der Waals surface area contributed by atoms with E-state index in [-0.39, 0.29) is 17.3 Å². The molecule has 0 saturated carbocycles. The number of hydrogen-bond acceptors (Lipinski definition) is 3. The van der Waals surface area contributed by atoms with E-state index in [4.69, 9.17) is 4.74 Å². The van der Waals surface area contributed by atoms with Gasteiger partial charge in [-0.25, -0.2) is 0 Å². The fourth-order valence-corrected chi connectivity index (χ4v) is 2.20. The van der Waals surface area contributed by atoms with Crippen molar-refractivity contribution < 1.29 is 14.3 Å². The molecule has 4 heteroatoms. The number of nitrogens with one attached hydrogen (secondary N) is 1. The van der Waals surface area contributed by atoms with Crippen LogP contribution in [0.25, 0.3) is 0 Å². The number of amides is 1. The second kappa shape index (κ2) is 8.94. The van der Waals surface area contributed by atoms with Gasteiger partial charge in [0, 0.05) is 19.4 Å². The number of carbonyl (C=O) groups excluding carboxylic acids is 2. The van der Waals surface area contributed by atoms with E-state index in [1.54, 1.807) is 6.92 Å². The zero-order chi connectivity index (χ0) is 14.9. The van der Waals surface area contributed by atoms with Gasteiger partial charge in [-0.3, -0.25) is 9.59 Å². The third-order valence-corrected chi connectivity index (χ3v) is 2.68. The Morgan fingerprint density at radius 1 is 1.26 bits per heavy atom. The Hall–Kier alpha value is -1.06. The van der Waals surface area contributed by atoms with Gasteiger partial charge in [-0.2, -0.15) is 0 Å². The maximum Gasteiger partial charge on any atom is 0.305 e. The third-order valence-electron chi connectivity index (χ3n) is 2.68. The van der Waals surface area contributed by atoms with Crippen LogP contribution in [0.3, 0.4) is 0 Å². The highest BCUT2D eigenvalue weighted by Crippen LogP contribution is 2.25. The van der Waals surface area contributed by atoms with E-state index >= 15 is 0 Å². The molecule has 0 aromatic heterocycles. The van der Waals surface area contributed by atoms with Crippen LogP contribution in [0.4, 0.5) is 0 Å². The average Bonchev–Trinajstić information content (AvgIpc) is 2.21. The molecule has 112 valence electrons. The van der Waals surface area contributed by atoms with Crippen LogP contribution in [-0.2, 0) is 14.3 Å². The van der Waals surface area contributed by atoms with Crippen molar-refractivity contribution in [1.29, 1.82) is 0 Å². The monoisotopic (exact) mass is 271 g/mol. The molecule has 0 aliphatic rings. The molecule has 1 unspecified atom stereocenters. The van der Waals surface area contributed by atoms with Crippen molar-refractivity contribution in [2.75, 3.05) is 13.2 Å². The summed E-state index contributed by atoms with van der Waals surface area (Å²) in [6.07, 6.45) is 2.59. The summed E-state index contributed by atoms with van der Waals surface area (Å²) in [5.74, 6) is 0.253. The zero-order valence-electron chi connectivity index (χ0n) is 13.0. The highest BCUT2D eigenvalue weighted by atomic mass is 16.5. The topological polar surface area (TPSA) is 55.4 Å². The molecule has 4 nitrogen and oxygen atoms in total. The molecule has 19 heavy (non-hydrogen) atoms. The first-order valence-corrected chi connectivity index (χ1v) is 7.17. The summed E-state index contributed by atoms with van der Waals surface area (Å²) in [7, 11) is 0. The van der Waals surface area contributed by atoms with E-state index in [9.17, 15) is 9.59 Å². The quantitative estimate of drug-likeness (QED) is 0.545. The van der Waals surface area contributed by atoms with E-state index in [0.717, 1.165) is 6.42 Å². The van der Waals surface area contributed by atoms with Gasteiger partial charge < -0.3 is 10.1 Å². The van der Waals surface area contributed by atoms with Crippen molar-refractivity contribution in [2.45, 2.75) is 60.3 Å². The lowest BCUT2D eigenvalue weighted by atomic mass is 9.84. The first-order valence-electron chi connectivity index (χ1n) is 7.17. The minimum atomic E-state index is -0.196. The fraction of sp³-hybridized carbons (Fsp3) is 0.867. The molecule has 0 saturated heterocycles. The standard InChI is InChI=1S/C15H29NO3/c1-6-19-14(18)8-7-9-16-13(17)10-12(2)11-15(3,4)5/h12H,6-11H2,1-5H3,(H,16,17). The summed E-state index contributed by atoms with van der Waals surface area (Å²) >= 11 is 0. The second-order valence-electron chi connectivity index (χ2n) is 6.33. The summed E-state index contributed by atoms with van der Waals surface area (Å²) in [5, 5.41) is 2.85. The summed E-state index contributed by atoms with van der Waals surface area (Å²) in [4.78, 5) is 22.8. The first-order chi connectivity index (χ1) is 8.74. The minimum absolute atomic E-state index is 0.0700. The van der Waals surface area contributed by atoms with Gasteiger partial charge in [-0.15, -0.1) is 0 Å². The Bertz CT molecular complexity index is 282. The van der Waals surface area contributed by atoms with Gasteiger partial charge in [-0.1, -0.05) is 27.7 Å². The van der Waals surface area contributed by atoms with Crippen molar-refractivity contribution in [3.05, 3.63) is 0 Å². The molecule has 1 amide bonds. The lowest BCUT2D eigenvalue weighted by Gasteiger charge is -2.22. The van der Waals surface area contributed by atoms with Crippen LogP contribution in [-0.4, -0.2) is 25.0 Å². The van der Waals surface area contributed by atoms with Crippen LogP contribution in [0.1, 0.15) is 60.3 Å². The predicted octanol–water partition coefficient (Wildman–Crippen LogP) is 2.91. The van der Waals surface area contributed by atoms with Crippen LogP contribution in [0.5, 0.6) is 0 Å². The highest BCUT2D eigenvalue weighted by Gasteiger charge is 2.17. The van der Waals surface area contributed by atoms with E-state index in [1.165, 1.54) is 0 Å². The van der Waals surface area contributed by atoms with E-state index in [0.29, 0.717) is 38.3 Å². The molecule has 0 aromatic carbocycles. The molecule has 0 fully saturated rings. The molecule has 0 rings (SSSR count). The Kier molecular flexibility index (Phi) is 8.44. The third kappa shape index (κ3) is 11.7. The Balaban J connectivity index is 3.67. The Morgan fingerprint density at radius 3 is 2.42 bits per heavy atom. The maximum atomic E-state index is 11.7. The minimum Gasteiger partial charge on any atom is -0.466 e. The molecule has 0 heterocycles. The molecular weight excluding hydrogens is 242 g/mol. The molecule has 1 atom stereocenters. The van der Waals surface area contributed by atoms with Gasteiger partial charge in [-0.05, 0) is 31.1 Å². The predicted molar refractivity (Wildman–Crippen MR) is 76.7 cm³/mol. The highest BCUT2D eigenvalue weighted by molar-refractivity contribution is 5.76. The molecule has 1 N–H and O–H groups in total. The van der Waals surface area contributed by atoms with Gasteiger partial charge in [0.25, 0.3) is 0 Å². The van der Waals surface area contributed by atoms with Crippen molar-refractivity contribution in [1.82, 2.24) is 5.32 Å². The molecule has 0 bridgehead atoms. The van der Waals surface area contributed by atoms with Crippen molar-refractivity contribution in [3.8, 4) is 0 Å². The van der Waals surface area contributed by atoms with Crippen molar-refractivity contribution in [3.63, 3.8) is 0 Å². The average molecular weight is 271 g/mol. The van der Waals surface area contributed by atoms with Crippen molar-refractivity contribution in [2.24, 2.45) is 11.3 Å².